The Bertz CT molecular complexity index is 438. The van der Waals surface area contributed by atoms with Crippen molar-refractivity contribution in [1.29, 1.82) is 0 Å². The van der Waals surface area contributed by atoms with Crippen LogP contribution in [-0.4, -0.2) is 34.9 Å². The minimum absolute atomic E-state index is 0.0548. The molecule has 0 radical (unpaired) electrons. The van der Waals surface area contributed by atoms with Crippen molar-refractivity contribution < 1.29 is 19.7 Å². The Morgan fingerprint density at radius 3 is 2.88 bits per heavy atom. The fourth-order valence-corrected chi connectivity index (χ4v) is 1.81. The molecule has 1 amide bonds. The van der Waals surface area contributed by atoms with Crippen LogP contribution in [0.25, 0.3) is 0 Å². The number of rotatable bonds is 2. The standard InChI is InChI=1S/C12H15NO4/c1-12(4-5-17-7-12)13-11(16)9-6-8(14)2-3-10(9)15/h2-3,6,14-15H,4-5,7H2,1H3,(H,13,16). The molecule has 3 N–H and O–H groups in total. The second-order valence-corrected chi connectivity index (χ2v) is 4.52. The van der Waals surface area contributed by atoms with E-state index in [4.69, 9.17) is 4.74 Å². The van der Waals surface area contributed by atoms with E-state index in [1.54, 1.807) is 0 Å². The van der Waals surface area contributed by atoms with Crippen LogP contribution in [0, 0.1) is 0 Å². The lowest BCUT2D eigenvalue weighted by molar-refractivity contribution is 0.0886. The van der Waals surface area contributed by atoms with E-state index in [0.717, 1.165) is 6.42 Å². The van der Waals surface area contributed by atoms with Crippen LogP contribution in [0.5, 0.6) is 11.5 Å². The molecule has 5 nitrogen and oxygen atoms in total. The zero-order valence-corrected chi connectivity index (χ0v) is 9.56. The molecule has 0 saturated carbocycles. The monoisotopic (exact) mass is 237 g/mol. The number of ether oxygens (including phenoxy) is 1. The van der Waals surface area contributed by atoms with Crippen LogP contribution in [0.2, 0.25) is 0 Å². The maximum atomic E-state index is 11.9. The van der Waals surface area contributed by atoms with Crippen LogP contribution >= 0.6 is 0 Å². The van der Waals surface area contributed by atoms with Gasteiger partial charge in [-0.3, -0.25) is 4.79 Å². The topological polar surface area (TPSA) is 78.8 Å². The Labute approximate surface area is 99.0 Å². The van der Waals surface area contributed by atoms with Gasteiger partial charge in [-0.2, -0.15) is 0 Å². The first kappa shape index (κ1) is 11.7. The van der Waals surface area contributed by atoms with Crippen molar-refractivity contribution in [3.63, 3.8) is 0 Å². The first-order valence-electron chi connectivity index (χ1n) is 5.42. The van der Waals surface area contributed by atoms with E-state index in [2.05, 4.69) is 5.32 Å². The Kier molecular flexibility index (Phi) is 2.93. The van der Waals surface area contributed by atoms with E-state index in [9.17, 15) is 15.0 Å². The van der Waals surface area contributed by atoms with Crippen molar-refractivity contribution in [2.75, 3.05) is 13.2 Å². The highest BCUT2D eigenvalue weighted by Gasteiger charge is 2.32. The zero-order chi connectivity index (χ0) is 12.5. The van der Waals surface area contributed by atoms with Gasteiger partial charge in [0.15, 0.2) is 0 Å². The molecule has 1 aromatic rings. The largest absolute Gasteiger partial charge is 0.508 e. The quantitative estimate of drug-likeness (QED) is 0.671. The summed E-state index contributed by atoms with van der Waals surface area (Å²) in [4.78, 5) is 11.9. The second-order valence-electron chi connectivity index (χ2n) is 4.52. The number of hydrogen-bond acceptors (Lipinski definition) is 4. The molecule has 5 heteroatoms. The molecule has 1 unspecified atom stereocenters. The molecule has 0 aliphatic carbocycles. The van der Waals surface area contributed by atoms with Crippen molar-refractivity contribution in [2.45, 2.75) is 18.9 Å². The summed E-state index contributed by atoms with van der Waals surface area (Å²) < 4.78 is 5.22. The summed E-state index contributed by atoms with van der Waals surface area (Å²) in [5, 5.41) is 21.7. The lowest BCUT2D eigenvalue weighted by Crippen LogP contribution is -2.46. The van der Waals surface area contributed by atoms with Crippen LogP contribution in [0.3, 0.4) is 0 Å². The SMILES string of the molecule is CC1(NC(=O)c2cc(O)ccc2O)CCOC1. The van der Waals surface area contributed by atoms with Gasteiger partial charge in [0.2, 0.25) is 0 Å². The fourth-order valence-electron chi connectivity index (χ4n) is 1.81. The van der Waals surface area contributed by atoms with E-state index >= 15 is 0 Å². The number of phenolic OH excluding ortho intramolecular Hbond substituents is 2. The smallest absolute Gasteiger partial charge is 0.255 e. The molecule has 17 heavy (non-hydrogen) atoms. The van der Waals surface area contributed by atoms with Gasteiger partial charge in [-0.25, -0.2) is 0 Å². The van der Waals surface area contributed by atoms with Crippen molar-refractivity contribution in [3.8, 4) is 11.5 Å². The first-order valence-corrected chi connectivity index (χ1v) is 5.42. The minimum Gasteiger partial charge on any atom is -0.508 e. The minimum atomic E-state index is -0.411. The van der Waals surface area contributed by atoms with Crippen molar-refractivity contribution in [1.82, 2.24) is 5.32 Å². The normalized spacial score (nSPS) is 23.6. The van der Waals surface area contributed by atoms with Gasteiger partial charge in [0.05, 0.1) is 17.7 Å². The molecular formula is C12H15NO4. The van der Waals surface area contributed by atoms with E-state index in [0.29, 0.717) is 13.2 Å². The Hall–Kier alpha value is -1.75. The second kappa shape index (κ2) is 4.25. The van der Waals surface area contributed by atoms with Crippen LogP contribution in [-0.2, 0) is 4.74 Å². The maximum Gasteiger partial charge on any atom is 0.255 e. The molecule has 0 bridgehead atoms. The summed E-state index contributed by atoms with van der Waals surface area (Å²) in [5.74, 6) is -0.616. The highest BCUT2D eigenvalue weighted by atomic mass is 16.5. The molecule has 1 aromatic carbocycles. The predicted octanol–water partition coefficient (Wildman–Crippen LogP) is 1.01. The Balaban J connectivity index is 2.17. The molecule has 1 aliphatic heterocycles. The third-order valence-electron chi connectivity index (χ3n) is 2.86. The number of aromatic hydroxyl groups is 2. The van der Waals surface area contributed by atoms with Crippen LogP contribution in [0.4, 0.5) is 0 Å². The number of hydrogen-bond donors (Lipinski definition) is 3. The lowest BCUT2D eigenvalue weighted by Gasteiger charge is -2.23. The predicted molar refractivity (Wildman–Crippen MR) is 61.1 cm³/mol. The Morgan fingerprint density at radius 1 is 1.47 bits per heavy atom. The zero-order valence-electron chi connectivity index (χ0n) is 9.56. The van der Waals surface area contributed by atoms with Crippen molar-refractivity contribution in [2.24, 2.45) is 0 Å². The van der Waals surface area contributed by atoms with E-state index in [-0.39, 0.29) is 17.1 Å². The molecule has 2 rings (SSSR count). The van der Waals surface area contributed by atoms with E-state index < -0.39 is 11.4 Å². The highest BCUT2D eigenvalue weighted by Crippen LogP contribution is 2.24. The van der Waals surface area contributed by atoms with Gasteiger partial charge in [-0.1, -0.05) is 0 Å². The molecule has 1 atom stereocenters. The summed E-state index contributed by atoms with van der Waals surface area (Å²) >= 11 is 0. The molecule has 0 spiro atoms. The summed E-state index contributed by atoms with van der Waals surface area (Å²) in [7, 11) is 0. The molecule has 1 fully saturated rings. The number of nitrogens with one attached hydrogen (secondary N) is 1. The van der Waals surface area contributed by atoms with Gasteiger partial charge in [-0.15, -0.1) is 0 Å². The van der Waals surface area contributed by atoms with E-state index in [1.807, 2.05) is 6.92 Å². The van der Waals surface area contributed by atoms with Gasteiger partial charge in [0.1, 0.15) is 11.5 Å². The summed E-state index contributed by atoms with van der Waals surface area (Å²) in [6.45, 7) is 2.96. The van der Waals surface area contributed by atoms with Crippen molar-refractivity contribution in [3.05, 3.63) is 23.8 Å². The fraction of sp³-hybridized carbons (Fsp3) is 0.417. The van der Waals surface area contributed by atoms with Gasteiger partial charge in [0, 0.05) is 6.61 Å². The lowest BCUT2D eigenvalue weighted by atomic mass is 10.0. The highest BCUT2D eigenvalue weighted by molar-refractivity contribution is 5.97. The summed E-state index contributed by atoms with van der Waals surface area (Å²) in [6.07, 6.45) is 0.734. The Morgan fingerprint density at radius 2 is 2.24 bits per heavy atom. The third-order valence-corrected chi connectivity index (χ3v) is 2.86. The molecule has 1 aliphatic rings. The number of carbonyl (C=O) groups is 1. The third kappa shape index (κ3) is 2.50. The molecule has 0 aromatic heterocycles. The van der Waals surface area contributed by atoms with Crippen LogP contribution in [0.15, 0.2) is 18.2 Å². The van der Waals surface area contributed by atoms with Crippen molar-refractivity contribution >= 4 is 5.91 Å². The van der Waals surface area contributed by atoms with Gasteiger partial charge >= 0.3 is 0 Å². The van der Waals surface area contributed by atoms with Crippen LogP contribution in [0.1, 0.15) is 23.7 Å². The van der Waals surface area contributed by atoms with Gasteiger partial charge in [-0.05, 0) is 31.5 Å². The first-order chi connectivity index (χ1) is 8.00. The molecule has 1 saturated heterocycles. The van der Waals surface area contributed by atoms with E-state index in [1.165, 1.54) is 18.2 Å². The maximum absolute atomic E-state index is 11.9. The van der Waals surface area contributed by atoms with Crippen LogP contribution < -0.4 is 5.32 Å². The number of benzene rings is 1. The number of carbonyl (C=O) groups excluding carboxylic acids is 1. The average Bonchev–Trinajstić information content (AvgIpc) is 2.68. The summed E-state index contributed by atoms with van der Waals surface area (Å²) in [6, 6.07) is 3.86. The number of phenols is 2. The summed E-state index contributed by atoms with van der Waals surface area (Å²) in [5.41, 5.74) is -0.340. The average molecular weight is 237 g/mol. The molecule has 1 heterocycles. The number of amides is 1. The van der Waals surface area contributed by atoms with Gasteiger partial charge in [0.25, 0.3) is 5.91 Å². The molecule has 92 valence electrons. The van der Waals surface area contributed by atoms with Gasteiger partial charge < -0.3 is 20.3 Å². The molecular weight excluding hydrogens is 222 g/mol.